The SMILES string of the molecule is Cl.Cl.Cn1ncc2c(N3CCN(C(=O)C(C)(C)N)CC3)ncnc21. The molecule has 0 spiro atoms. The smallest absolute Gasteiger partial charge is 0.242 e. The van der Waals surface area contributed by atoms with Crippen molar-refractivity contribution in [2.75, 3.05) is 31.1 Å². The minimum Gasteiger partial charge on any atom is -0.352 e. The van der Waals surface area contributed by atoms with Gasteiger partial charge in [-0.1, -0.05) is 0 Å². The standard InChI is InChI=1S/C14H21N7O.2ClH/c1-14(2,15)13(22)21-6-4-20(5-7-21)12-10-8-18-19(3)11(10)16-9-17-12;;/h8-9H,4-7,15H2,1-3H3;2*1H. The second kappa shape index (κ2) is 7.50. The van der Waals surface area contributed by atoms with Gasteiger partial charge in [0.1, 0.15) is 12.1 Å². The van der Waals surface area contributed by atoms with Crippen LogP contribution in [-0.4, -0.2) is 62.3 Å². The number of amides is 1. The van der Waals surface area contributed by atoms with E-state index in [1.54, 1.807) is 31.1 Å². The topological polar surface area (TPSA) is 93.2 Å². The van der Waals surface area contributed by atoms with Gasteiger partial charge in [-0.3, -0.25) is 9.48 Å². The molecule has 1 amide bonds. The number of carbonyl (C=O) groups is 1. The third-order valence-corrected chi connectivity index (χ3v) is 3.93. The first kappa shape index (κ1) is 20.4. The van der Waals surface area contributed by atoms with Crippen molar-refractivity contribution in [1.29, 1.82) is 0 Å². The fraction of sp³-hybridized carbons (Fsp3) is 0.571. The molecule has 8 nitrogen and oxygen atoms in total. The van der Waals surface area contributed by atoms with E-state index in [0.717, 1.165) is 29.9 Å². The first-order chi connectivity index (χ1) is 10.4. The first-order valence-corrected chi connectivity index (χ1v) is 7.34. The Kier molecular flexibility index (Phi) is 6.38. The molecule has 10 heteroatoms. The van der Waals surface area contributed by atoms with Crippen LogP contribution in [0.5, 0.6) is 0 Å². The molecule has 3 rings (SSSR count). The highest BCUT2D eigenvalue weighted by Gasteiger charge is 2.30. The van der Waals surface area contributed by atoms with Crippen molar-refractivity contribution in [1.82, 2.24) is 24.6 Å². The van der Waals surface area contributed by atoms with Gasteiger partial charge in [-0.2, -0.15) is 5.10 Å². The highest BCUT2D eigenvalue weighted by molar-refractivity contribution is 5.87. The molecule has 1 aliphatic heterocycles. The van der Waals surface area contributed by atoms with Crippen LogP contribution in [0.3, 0.4) is 0 Å². The molecule has 0 atom stereocenters. The summed E-state index contributed by atoms with van der Waals surface area (Å²) in [7, 11) is 1.86. The van der Waals surface area contributed by atoms with Gasteiger partial charge in [0.05, 0.1) is 17.1 Å². The van der Waals surface area contributed by atoms with Gasteiger partial charge in [0, 0.05) is 33.2 Å². The summed E-state index contributed by atoms with van der Waals surface area (Å²) >= 11 is 0. The van der Waals surface area contributed by atoms with Crippen molar-refractivity contribution in [3.05, 3.63) is 12.5 Å². The van der Waals surface area contributed by atoms with Gasteiger partial charge in [-0.05, 0) is 13.8 Å². The number of hydrogen-bond acceptors (Lipinski definition) is 6. The Labute approximate surface area is 153 Å². The van der Waals surface area contributed by atoms with E-state index in [1.807, 2.05) is 11.9 Å². The molecule has 2 N–H and O–H groups in total. The highest BCUT2D eigenvalue weighted by atomic mass is 35.5. The summed E-state index contributed by atoms with van der Waals surface area (Å²) in [6.45, 7) is 6.22. The van der Waals surface area contributed by atoms with Crippen LogP contribution in [0.2, 0.25) is 0 Å². The molecule has 3 heterocycles. The Balaban J connectivity index is 0.00000144. The third kappa shape index (κ3) is 3.71. The fourth-order valence-electron chi connectivity index (χ4n) is 2.73. The highest BCUT2D eigenvalue weighted by Crippen LogP contribution is 2.23. The lowest BCUT2D eigenvalue weighted by Gasteiger charge is -2.38. The zero-order valence-electron chi connectivity index (χ0n) is 14.0. The number of fused-ring (bicyclic) bond motifs is 1. The number of aromatic nitrogens is 4. The lowest BCUT2D eigenvalue weighted by atomic mass is 10.0. The van der Waals surface area contributed by atoms with Crippen LogP contribution in [0.4, 0.5) is 5.82 Å². The minimum atomic E-state index is -0.826. The maximum atomic E-state index is 12.2. The van der Waals surface area contributed by atoms with Crippen molar-refractivity contribution in [3.8, 4) is 0 Å². The summed E-state index contributed by atoms with van der Waals surface area (Å²) in [6.07, 6.45) is 3.34. The summed E-state index contributed by atoms with van der Waals surface area (Å²) in [6, 6.07) is 0. The van der Waals surface area contributed by atoms with Gasteiger partial charge in [0.2, 0.25) is 5.91 Å². The lowest BCUT2D eigenvalue weighted by Crippen LogP contribution is -2.57. The largest absolute Gasteiger partial charge is 0.352 e. The Bertz CT molecular complexity index is 705. The number of nitrogens with two attached hydrogens (primary N) is 1. The number of nitrogens with zero attached hydrogens (tertiary/aromatic N) is 6. The summed E-state index contributed by atoms with van der Waals surface area (Å²) in [4.78, 5) is 24.9. The predicted octanol–water partition coefficient (Wildman–Crippen LogP) is 0.593. The van der Waals surface area contributed by atoms with E-state index in [4.69, 9.17) is 5.73 Å². The van der Waals surface area contributed by atoms with E-state index >= 15 is 0 Å². The van der Waals surface area contributed by atoms with E-state index in [2.05, 4.69) is 20.0 Å². The molecule has 0 unspecified atom stereocenters. The van der Waals surface area contributed by atoms with Crippen LogP contribution in [0, 0.1) is 0 Å². The number of anilines is 1. The van der Waals surface area contributed by atoms with E-state index in [-0.39, 0.29) is 30.7 Å². The van der Waals surface area contributed by atoms with Crippen LogP contribution in [0.15, 0.2) is 12.5 Å². The van der Waals surface area contributed by atoms with Crippen LogP contribution in [0.1, 0.15) is 13.8 Å². The number of aryl methyl sites for hydroxylation is 1. The first-order valence-electron chi connectivity index (χ1n) is 7.34. The van der Waals surface area contributed by atoms with E-state index in [0.29, 0.717) is 13.1 Å². The maximum Gasteiger partial charge on any atom is 0.242 e. The Morgan fingerprint density at radius 1 is 1.17 bits per heavy atom. The van der Waals surface area contributed by atoms with Crippen molar-refractivity contribution in [2.24, 2.45) is 12.8 Å². The molecule has 0 bridgehead atoms. The summed E-state index contributed by atoms with van der Waals surface area (Å²) < 4.78 is 1.73. The van der Waals surface area contributed by atoms with Crippen molar-refractivity contribution in [2.45, 2.75) is 19.4 Å². The van der Waals surface area contributed by atoms with Crippen LogP contribution in [-0.2, 0) is 11.8 Å². The monoisotopic (exact) mass is 375 g/mol. The number of rotatable bonds is 2. The average molecular weight is 376 g/mol. The Hall–Kier alpha value is -1.64. The molecule has 0 aromatic carbocycles. The molecule has 2 aromatic rings. The van der Waals surface area contributed by atoms with Crippen LogP contribution >= 0.6 is 24.8 Å². The van der Waals surface area contributed by atoms with Gasteiger partial charge >= 0.3 is 0 Å². The number of halogens is 2. The predicted molar refractivity (Wildman–Crippen MR) is 97.9 cm³/mol. The molecule has 2 aromatic heterocycles. The number of carbonyl (C=O) groups excluding carboxylic acids is 1. The molecule has 1 aliphatic rings. The van der Waals surface area contributed by atoms with E-state index in [1.165, 1.54) is 0 Å². The van der Waals surface area contributed by atoms with Gasteiger partial charge in [0.15, 0.2) is 5.65 Å². The van der Waals surface area contributed by atoms with Crippen LogP contribution < -0.4 is 10.6 Å². The van der Waals surface area contributed by atoms with E-state index in [9.17, 15) is 4.79 Å². The molecular formula is C14H23Cl2N7O. The zero-order chi connectivity index (χ0) is 15.9. The average Bonchev–Trinajstić information content (AvgIpc) is 2.87. The van der Waals surface area contributed by atoms with Crippen LogP contribution in [0.25, 0.3) is 11.0 Å². The van der Waals surface area contributed by atoms with Crippen molar-refractivity contribution < 1.29 is 4.79 Å². The molecule has 0 saturated carbocycles. The number of piperazine rings is 1. The molecule has 0 aliphatic carbocycles. The molecule has 134 valence electrons. The van der Waals surface area contributed by atoms with Gasteiger partial charge in [-0.25, -0.2) is 9.97 Å². The van der Waals surface area contributed by atoms with Gasteiger partial charge in [-0.15, -0.1) is 24.8 Å². The van der Waals surface area contributed by atoms with E-state index < -0.39 is 5.54 Å². The molecular weight excluding hydrogens is 353 g/mol. The molecule has 1 saturated heterocycles. The quantitative estimate of drug-likeness (QED) is 0.825. The molecule has 24 heavy (non-hydrogen) atoms. The van der Waals surface area contributed by atoms with Gasteiger partial charge < -0.3 is 15.5 Å². The fourth-order valence-corrected chi connectivity index (χ4v) is 2.73. The summed E-state index contributed by atoms with van der Waals surface area (Å²) in [5, 5.41) is 5.17. The second-order valence-corrected chi connectivity index (χ2v) is 6.20. The Morgan fingerprint density at radius 3 is 2.38 bits per heavy atom. The minimum absolute atomic E-state index is 0. The Morgan fingerprint density at radius 2 is 1.79 bits per heavy atom. The third-order valence-electron chi connectivity index (χ3n) is 3.93. The van der Waals surface area contributed by atoms with Gasteiger partial charge in [0.25, 0.3) is 0 Å². The summed E-state index contributed by atoms with van der Waals surface area (Å²) in [5.74, 6) is 0.860. The number of hydrogen-bond donors (Lipinski definition) is 1. The second-order valence-electron chi connectivity index (χ2n) is 6.20. The normalized spacial score (nSPS) is 15.0. The maximum absolute atomic E-state index is 12.2. The summed E-state index contributed by atoms with van der Waals surface area (Å²) in [5.41, 5.74) is 5.88. The van der Waals surface area contributed by atoms with Crippen molar-refractivity contribution >= 4 is 47.6 Å². The molecule has 1 fully saturated rings. The lowest BCUT2D eigenvalue weighted by molar-refractivity contribution is -0.136. The molecule has 0 radical (unpaired) electrons. The zero-order valence-corrected chi connectivity index (χ0v) is 15.6. The van der Waals surface area contributed by atoms with Crippen molar-refractivity contribution in [3.63, 3.8) is 0 Å².